The van der Waals surface area contributed by atoms with Crippen LogP contribution in [0.2, 0.25) is 0 Å². The van der Waals surface area contributed by atoms with Crippen LogP contribution in [0.4, 0.5) is 5.69 Å². The van der Waals surface area contributed by atoms with E-state index in [0.29, 0.717) is 23.6 Å². The first-order valence-electron chi connectivity index (χ1n) is 5.93. The molecule has 0 unspecified atom stereocenters. The number of nitrogen functional groups attached to an aromatic ring is 1. The van der Waals surface area contributed by atoms with Crippen LogP contribution >= 0.6 is 0 Å². The van der Waals surface area contributed by atoms with Gasteiger partial charge in [0, 0.05) is 30.1 Å². The Balaban J connectivity index is 2.14. The van der Waals surface area contributed by atoms with Gasteiger partial charge < -0.3 is 16.2 Å². The lowest BCUT2D eigenvalue weighted by molar-refractivity contribution is 0.0996. The summed E-state index contributed by atoms with van der Waals surface area (Å²) in [6.07, 6.45) is 3.61. The first-order chi connectivity index (χ1) is 9.10. The molecule has 0 aliphatic heterocycles. The van der Waals surface area contributed by atoms with E-state index in [1.54, 1.807) is 29.1 Å². The summed E-state index contributed by atoms with van der Waals surface area (Å²) in [6.45, 7) is 3.11. The van der Waals surface area contributed by atoms with E-state index in [9.17, 15) is 4.79 Å². The Morgan fingerprint density at radius 2 is 2.26 bits per heavy atom. The number of ether oxygens (including phenoxy) is 1. The predicted octanol–water partition coefficient (Wildman–Crippen LogP) is 1.16. The monoisotopic (exact) mass is 260 g/mol. The molecule has 0 fully saturated rings. The van der Waals surface area contributed by atoms with Crippen molar-refractivity contribution >= 4 is 11.6 Å². The summed E-state index contributed by atoms with van der Waals surface area (Å²) in [4.78, 5) is 11.3. The van der Waals surface area contributed by atoms with Crippen molar-refractivity contribution in [1.82, 2.24) is 9.78 Å². The number of primary amides is 1. The highest BCUT2D eigenvalue weighted by Gasteiger charge is 2.10. The van der Waals surface area contributed by atoms with Crippen molar-refractivity contribution < 1.29 is 9.53 Å². The molecule has 4 N–H and O–H groups in total. The first kappa shape index (κ1) is 12.9. The van der Waals surface area contributed by atoms with E-state index in [-0.39, 0.29) is 0 Å². The minimum Gasteiger partial charge on any atom is -0.488 e. The van der Waals surface area contributed by atoms with Crippen LogP contribution in [0.15, 0.2) is 30.6 Å². The van der Waals surface area contributed by atoms with Gasteiger partial charge in [-0.25, -0.2) is 0 Å². The Bertz CT molecular complexity index is 592. The van der Waals surface area contributed by atoms with E-state index < -0.39 is 5.91 Å². The number of nitrogens with zero attached hydrogens (tertiary/aromatic N) is 2. The molecule has 19 heavy (non-hydrogen) atoms. The second-order valence-corrected chi connectivity index (χ2v) is 4.11. The summed E-state index contributed by atoms with van der Waals surface area (Å²) < 4.78 is 7.39. The van der Waals surface area contributed by atoms with E-state index in [2.05, 4.69) is 5.10 Å². The van der Waals surface area contributed by atoms with E-state index in [0.717, 1.165) is 12.1 Å². The van der Waals surface area contributed by atoms with Gasteiger partial charge in [0.15, 0.2) is 0 Å². The van der Waals surface area contributed by atoms with E-state index in [1.807, 2.05) is 13.1 Å². The van der Waals surface area contributed by atoms with Crippen molar-refractivity contribution in [2.24, 2.45) is 5.73 Å². The summed E-state index contributed by atoms with van der Waals surface area (Å²) in [5.41, 5.74) is 12.7. The topological polar surface area (TPSA) is 96.2 Å². The fourth-order valence-corrected chi connectivity index (χ4v) is 1.68. The number of amides is 1. The number of aromatic nitrogens is 2. The zero-order chi connectivity index (χ0) is 13.8. The maximum atomic E-state index is 11.3. The van der Waals surface area contributed by atoms with Gasteiger partial charge in [-0.1, -0.05) is 0 Å². The SMILES string of the molecule is CCn1cc(COc2cc(N)ccc2C(N)=O)cn1. The van der Waals surface area contributed by atoms with E-state index in [4.69, 9.17) is 16.2 Å². The van der Waals surface area contributed by atoms with Crippen molar-refractivity contribution in [3.8, 4) is 5.75 Å². The number of hydrogen-bond acceptors (Lipinski definition) is 4. The lowest BCUT2D eigenvalue weighted by Gasteiger charge is -2.09. The standard InChI is InChI=1S/C13H16N4O2/c1-2-17-7-9(6-16-17)8-19-12-5-10(14)3-4-11(12)13(15)18/h3-7H,2,8,14H2,1H3,(H2,15,18). The van der Waals surface area contributed by atoms with Crippen LogP contribution in [0.25, 0.3) is 0 Å². The van der Waals surface area contributed by atoms with Crippen molar-refractivity contribution in [3.05, 3.63) is 41.7 Å². The summed E-state index contributed by atoms with van der Waals surface area (Å²) in [5.74, 6) is -0.156. The minimum atomic E-state index is -0.542. The van der Waals surface area contributed by atoms with Gasteiger partial charge >= 0.3 is 0 Å². The highest BCUT2D eigenvalue weighted by atomic mass is 16.5. The van der Waals surface area contributed by atoms with Crippen molar-refractivity contribution in [3.63, 3.8) is 0 Å². The van der Waals surface area contributed by atoms with Crippen LogP contribution in [-0.4, -0.2) is 15.7 Å². The summed E-state index contributed by atoms with van der Waals surface area (Å²) in [5, 5.41) is 4.14. The molecule has 0 spiro atoms. The Morgan fingerprint density at radius 3 is 2.89 bits per heavy atom. The minimum absolute atomic E-state index is 0.309. The Kier molecular flexibility index (Phi) is 3.70. The third-order valence-corrected chi connectivity index (χ3v) is 2.68. The molecule has 6 nitrogen and oxygen atoms in total. The number of hydrogen-bond donors (Lipinski definition) is 2. The zero-order valence-electron chi connectivity index (χ0n) is 10.7. The van der Waals surface area contributed by atoms with Crippen molar-refractivity contribution in [2.45, 2.75) is 20.1 Å². The Labute approximate surface area is 111 Å². The number of anilines is 1. The van der Waals surface area contributed by atoms with Crippen molar-refractivity contribution in [2.75, 3.05) is 5.73 Å². The highest BCUT2D eigenvalue weighted by Crippen LogP contribution is 2.22. The fraction of sp³-hybridized carbons (Fsp3) is 0.231. The summed E-state index contributed by atoms with van der Waals surface area (Å²) in [6, 6.07) is 4.76. The molecule has 0 aliphatic carbocycles. The molecule has 0 bridgehead atoms. The maximum Gasteiger partial charge on any atom is 0.252 e. The molecule has 0 radical (unpaired) electrons. The van der Waals surface area contributed by atoms with Gasteiger partial charge in [0.2, 0.25) is 0 Å². The van der Waals surface area contributed by atoms with Crippen LogP contribution in [0.1, 0.15) is 22.8 Å². The second-order valence-electron chi connectivity index (χ2n) is 4.11. The Hall–Kier alpha value is -2.50. The molecular weight excluding hydrogens is 244 g/mol. The normalized spacial score (nSPS) is 10.4. The van der Waals surface area contributed by atoms with Crippen molar-refractivity contribution in [1.29, 1.82) is 0 Å². The van der Waals surface area contributed by atoms with Gasteiger partial charge in [0.1, 0.15) is 12.4 Å². The van der Waals surface area contributed by atoms with Crippen LogP contribution < -0.4 is 16.2 Å². The molecule has 0 aliphatic rings. The molecule has 0 saturated carbocycles. The third-order valence-electron chi connectivity index (χ3n) is 2.68. The maximum absolute atomic E-state index is 11.3. The number of carbonyl (C=O) groups excluding carboxylic acids is 1. The van der Waals surface area contributed by atoms with Crippen LogP contribution in [-0.2, 0) is 13.2 Å². The predicted molar refractivity (Wildman–Crippen MR) is 71.6 cm³/mol. The number of nitrogens with two attached hydrogens (primary N) is 2. The molecule has 100 valence electrons. The first-order valence-corrected chi connectivity index (χ1v) is 5.93. The molecule has 1 amide bonds. The number of rotatable bonds is 5. The second kappa shape index (κ2) is 5.43. The highest BCUT2D eigenvalue weighted by molar-refractivity contribution is 5.96. The number of benzene rings is 1. The molecule has 1 aromatic carbocycles. The molecule has 1 aromatic heterocycles. The van der Waals surface area contributed by atoms with Gasteiger partial charge in [-0.15, -0.1) is 0 Å². The molecule has 0 saturated heterocycles. The largest absolute Gasteiger partial charge is 0.488 e. The van der Waals surface area contributed by atoms with Crippen LogP contribution in [0.5, 0.6) is 5.75 Å². The van der Waals surface area contributed by atoms with E-state index in [1.165, 1.54) is 0 Å². The van der Waals surface area contributed by atoms with Crippen LogP contribution in [0.3, 0.4) is 0 Å². The quantitative estimate of drug-likeness (QED) is 0.788. The lowest BCUT2D eigenvalue weighted by Crippen LogP contribution is -2.13. The van der Waals surface area contributed by atoms with Crippen LogP contribution in [0, 0.1) is 0 Å². The summed E-state index contributed by atoms with van der Waals surface area (Å²) >= 11 is 0. The number of carbonyl (C=O) groups is 1. The van der Waals surface area contributed by atoms with Gasteiger partial charge in [0.25, 0.3) is 5.91 Å². The average Bonchev–Trinajstić information content (AvgIpc) is 2.84. The summed E-state index contributed by atoms with van der Waals surface area (Å²) in [7, 11) is 0. The lowest BCUT2D eigenvalue weighted by atomic mass is 10.1. The molecule has 2 aromatic rings. The molecule has 1 heterocycles. The fourth-order valence-electron chi connectivity index (χ4n) is 1.68. The Morgan fingerprint density at radius 1 is 1.47 bits per heavy atom. The molecule has 6 heteroatoms. The van der Waals surface area contributed by atoms with Gasteiger partial charge in [-0.2, -0.15) is 5.10 Å². The molecular formula is C13H16N4O2. The molecule has 2 rings (SSSR count). The van der Waals surface area contributed by atoms with Gasteiger partial charge in [0.05, 0.1) is 11.8 Å². The zero-order valence-corrected chi connectivity index (χ0v) is 10.7. The number of aryl methyl sites for hydroxylation is 1. The smallest absolute Gasteiger partial charge is 0.252 e. The third kappa shape index (κ3) is 3.04. The van der Waals surface area contributed by atoms with Gasteiger partial charge in [-0.05, 0) is 19.1 Å². The van der Waals surface area contributed by atoms with Gasteiger partial charge in [-0.3, -0.25) is 9.48 Å². The average molecular weight is 260 g/mol. The van der Waals surface area contributed by atoms with E-state index >= 15 is 0 Å². The molecule has 0 atom stereocenters.